The predicted octanol–water partition coefficient (Wildman–Crippen LogP) is 3.65. The fourth-order valence-corrected chi connectivity index (χ4v) is 3.20. The van der Waals surface area contributed by atoms with Crippen molar-refractivity contribution in [1.29, 1.82) is 0 Å². The molecule has 0 fully saturated rings. The third-order valence-electron chi connectivity index (χ3n) is 2.49. The summed E-state index contributed by atoms with van der Waals surface area (Å²) in [6, 6.07) is 3.14. The molecule has 80 valence electrons. The maximum Gasteiger partial charge on any atom is 0.166 e. The van der Waals surface area contributed by atoms with Gasteiger partial charge >= 0.3 is 0 Å². The van der Waals surface area contributed by atoms with Crippen molar-refractivity contribution in [2.45, 2.75) is 12.7 Å². The van der Waals surface area contributed by atoms with E-state index >= 15 is 0 Å². The Balaban J connectivity index is 2.58. The molecule has 0 bridgehead atoms. The fraction of sp³-hybridized carbons (Fsp3) is 0.364. The van der Waals surface area contributed by atoms with Crippen LogP contribution in [0.5, 0.6) is 0 Å². The highest BCUT2D eigenvalue weighted by molar-refractivity contribution is 9.10. The molecule has 1 aromatic carbocycles. The summed E-state index contributed by atoms with van der Waals surface area (Å²) in [4.78, 5) is 11.9. The molecule has 1 atom stereocenters. The van der Waals surface area contributed by atoms with Crippen LogP contribution in [0.4, 0.5) is 4.39 Å². The van der Waals surface area contributed by atoms with Crippen LogP contribution in [0.1, 0.15) is 22.8 Å². The van der Waals surface area contributed by atoms with Crippen molar-refractivity contribution in [1.82, 2.24) is 0 Å². The lowest BCUT2D eigenvalue weighted by Crippen LogP contribution is -2.13. The number of thioether (sulfide) groups is 1. The highest BCUT2D eigenvalue weighted by Crippen LogP contribution is 2.30. The Morgan fingerprint density at radius 1 is 1.53 bits per heavy atom. The second kappa shape index (κ2) is 4.26. The third kappa shape index (κ3) is 2.11. The Kier molecular flexibility index (Phi) is 3.16. The normalized spacial score (nSPS) is 21.0. The van der Waals surface area contributed by atoms with Crippen molar-refractivity contribution < 1.29 is 9.18 Å². The van der Waals surface area contributed by atoms with Crippen molar-refractivity contribution in [3.05, 3.63) is 33.5 Å². The van der Waals surface area contributed by atoms with Crippen molar-refractivity contribution in [2.24, 2.45) is 5.92 Å². The first-order valence-corrected chi connectivity index (χ1v) is 6.64. The van der Waals surface area contributed by atoms with E-state index in [4.69, 9.17) is 0 Å². The summed E-state index contributed by atoms with van der Waals surface area (Å²) in [6.07, 6.45) is 0. The monoisotopic (exact) mass is 288 g/mol. The second-order valence-corrected chi connectivity index (χ2v) is 5.64. The molecular weight excluding hydrogens is 279 g/mol. The van der Waals surface area contributed by atoms with Crippen LogP contribution in [-0.2, 0) is 5.75 Å². The van der Waals surface area contributed by atoms with Crippen LogP contribution in [-0.4, -0.2) is 11.5 Å². The molecule has 0 spiro atoms. The first kappa shape index (κ1) is 11.1. The smallest absolute Gasteiger partial charge is 0.166 e. The Bertz CT molecular complexity index is 419. The molecule has 1 unspecified atom stereocenters. The zero-order valence-corrected chi connectivity index (χ0v) is 10.6. The molecule has 0 radical (unpaired) electrons. The number of fused-ring (bicyclic) bond motifs is 1. The molecule has 0 amide bonds. The Morgan fingerprint density at radius 2 is 2.27 bits per heavy atom. The summed E-state index contributed by atoms with van der Waals surface area (Å²) in [5.74, 6) is 1.10. The Labute approximate surface area is 101 Å². The van der Waals surface area contributed by atoms with E-state index in [-0.39, 0.29) is 17.5 Å². The quantitative estimate of drug-likeness (QED) is 0.725. The second-order valence-electron chi connectivity index (χ2n) is 3.69. The summed E-state index contributed by atoms with van der Waals surface area (Å²) in [5, 5.41) is 0. The van der Waals surface area contributed by atoms with Crippen molar-refractivity contribution in [3.63, 3.8) is 0 Å². The number of hydrogen-bond acceptors (Lipinski definition) is 2. The lowest BCUT2D eigenvalue weighted by Gasteiger charge is -2.08. The number of rotatable bonds is 0. The van der Waals surface area contributed by atoms with Crippen LogP contribution in [0.2, 0.25) is 0 Å². The molecule has 0 aliphatic carbocycles. The molecule has 4 heteroatoms. The van der Waals surface area contributed by atoms with Gasteiger partial charge in [-0.1, -0.05) is 22.9 Å². The molecule has 1 aliphatic rings. The molecule has 1 nitrogen and oxygen atoms in total. The molecule has 0 saturated heterocycles. The van der Waals surface area contributed by atoms with Gasteiger partial charge in [0.25, 0.3) is 0 Å². The number of Topliss-reactive ketones (excluding diaryl/α,β-unsaturated/α-hetero) is 1. The van der Waals surface area contributed by atoms with Gasteiger partial charge in [-0.3, -0.25) is 4.79 Å². The first-order valence-electron chi connectivity index (χ1n) is 4.69. The van der Waals surface area contributed by atoms with E-state index in [2.05, 4.69) is 15.9 Å². The van der Waals surface area contributed by atoms with Crippen LogP contribution in [0.25, 0.3) is 0 Å². The highest BCUT2D eigenvalue weighted by Gasteiger charge is 2.24. The third-order valence-corrected chi connectivity index (χ3v) is 4.17. The number of ketones is 1. The van der Waals surface area contributed by atoms with Gasteiger partial charge in [-0.25, -0.2) is 4.39 Å². The predicted molar refractivity (Wildman–Crippen MR) is 63.8 cm³/mol. The molecule has 0 saturated carbocycles. The van der Waals surface area contributed by atoms with Crippen LogP contribution in [0.15, 0.2) is 16.6 Å². The number of benzene rings is 1. The van der Waals surface area contributed by atoms with E-state index in [0.717, 1.165) is 5.75 Å². The summed E-state index contributed by atoms with van der Waals surface area (Å²) in [6.45, 7) is 1.89. The minimum absolute atomic E-state index is 0.0232. The molecule has 1 aromatic rings. The number of halogens is 2. The molecule has 2 rings (SSSR count). The topological polar surface area (TPSA) is 17.1 Å². The number of hydrogen-bond donors (Lipinski definition) is 0. The van der Waals surface area contributed by atoms with E-state index in [0.29, 0.717) is 21.4 Å². The summed E-state index contributed by atoms with van der Waals surface area (Å²) >= 11 is 4.83. The lowest BCUT2D eigenvalue weighted by atomic mass is 9.97. The van der Waals surface area contributed by atoms with E-state index in [9.17, 15) is 9.18 Å². The first-order chi connectivity index (χ1) is 7.09. The summed E-state index contributed by atoms with van der Waals surface area (Å²) in [7, 11) is 0. The van der Waals surface area contributed by atoms with Gasteiger partial charge in [0.05, 0.1) is 0 Å². The average Bonchev–Trinajstić information content (AvgIpc) is 2.30. The van der Waals surface area contributed by atoms with Crippen molar-refractivity contribution >= 4 is 33.5 Å². The highest BCUT2D eigenvalue weighted by atomic mass is 79.9. The zero-order chi connectivity index (χ0) is 11.0. The standard InChI is InChI=1S/C11H10BrFOS/c1-6-4-15-5-9-8(11(6)14)2-7(12)3-10(9)13/h2-3,6H,4-5H2,1H3. The van der Waals surface area contributed by atoms with Crippen molar-refractivity contribution in [3.8, 4) is 0 Å². The minimum Gasteiger partial charge on any atom is -0.294 e. The van der Waals surface area contributed by atoms with Crippen LogP contribution >= 0.6 is 27.7 Å². The van der Waals surface area contributed by atoms with Crippen LogP contribution < -0.4 is 0 Å². The van der Waals surface area contributed by atoms with Gasteiger partial charge in [0, 0.05) is 33.0 Å². The summed E-state index contributed by atoms with van der Waals surface area (Å²) in [5.41, 5.74) is 1.09. The maximum absolute atomic E-state index is 13.6. The Morgan fingerprint density at radius 3 is 3.00 bits per heavy atom. The van der Waals surface area contributed by atoms with Gasteiger partial charge in [-0.05, 0) is 12.1 Å². The minimum atomic E-state index is -0.283. The van der Waals surface area contributed by atoms with Crippen molar-refractivity contribution in [2.75, 3.05) is 5.75 Å². The van der Waals surface area contributed by atoms with E-state index < -0.39 is 0 Å². The molecule has 1 heterocycles. The van der Waals surface area contributed by atoms with Gasteiger partial charge in [0.2, 0.25) is 0 Å². The molecule has 0 N–H and O–H groups in total. The average molecular weight is 289 g/mol. The van der Waals surface area contributed by atoms with Gasteiger partial charge in [-0.2, -0.15) is 11.8 Å². The Hall–Kier alpha value is -0.350. The van der Waals surface area contributed by atoms with E-state index in [1.54, 1.807) is 17.8 Å². The largest absolute Gasteiger partial charge is 0.294 e. The van der Waals surface area contributed by atoms with Crippen LogP contribution in [0, 0.1) is 11.7 Å². The maximum atomic E-state index is 13.6. The van der Waals surface area contributed by atoms with E-state index in [1.165, 1.54) is 6.07 Å². The number of carbonyl (C=O) groups is 1. The summed E-state index contributed by atoms with van der Waals surface area (Å²) < 4.78 is 14.2. The zero-order valence-electron chi connectivity index (χ0n) is 8.22. The molecule has 15 heavy (non-hydrogen) atoms. The van der Waals surface area contributed by atoms with Gasteiger partial charge < -0.3 is 0 Å². The fourth-order valence-electron chi connectivity index (χ4n) is 1.65. The van der Waals surface area contributed by atoms with E-state index in [1.807, 2.05) is 6.92 Å². The van der Waals surface area contributed by atoms with Gasteiger partial charge in [-0.15, -0.1) is 0 Å². The number of carbonyl (C=O) groups excluding carboxylic acids is 1. The van der Waals surface area contributed by atoms with Gasteiger partial charge in [0.15, 0.2) is 5.78 Å². The van der Waals surface area contributed by atoms with Gasteiger partial charge in [0.1, 0.15) is 5.82 Å². The molecular formula is C11H10BrFOS. The SMILES string of the molecule is CC1CSCc2c(F)cc(Br)cc2C1=O. The molecule has 0 aromatic heterocycles. The lowest BCUT2D eigenvalue weighted by molar-refractivity contribution is 0.0941. The molecule has 1 aliphatic heterocycles. The van der Waals surface area contributed by atoms with Crippen LogP contribution in [0.3, 0.4) is 0 Å².